The first kappa shape index (κ1) is 19.8. The molecule has 0 aliphatic carbocycles. The number of amides is 1. The highest BCUT2D eigenvalue weighted by Gasteiger charge is 2.30. The van der Waals surface area contributed by atoms with E-state index < -0.39 is 27.7 Å². The molecule has 0 aliphatic rings. The van der Waals surface area contributed by atoms with Crippen LogP contribution in [0.25, 0.3) is 0 Å². The number of sulfonamides is 1. The monoisotopic (exact) mass is 386 g/mol. The van der Waals surface area contributed by atoms with Gasteiger partial charge in [0.05, 0.1) is 17.5 Å². The van der Waals surface area contributed by atoms with E-state index in [1.165, 1.54) is 43.4 Å². The molecule has 26 heavy (non-hydrogen) atoms. The van der Waals surface area contributed by atoms with Crippen LogP contribution in [-0.4, -0.2) is 27.6 Å². The van der Waals surface area contributed by atoms with E-state index in [0.717, 1.165) is 22.7 Å². The van der Waals surface area contributed by atoms with Gasteiger partial charge in [0.15, 0.2) is 0 Å². The molecule has 1 N–H and O–H groups in total. The Balaban J connectivity index is 2.05. The van der Waals surface area contributed by atoms with Crippen molar-refractivity contribution in [2.45, 2.75) is 12.7 Å². The fraction of sp³-hybridized carbons (Fsp3) is 0.235. The van der Waals surface area contributed by atoms with Crippen LogP contribution in [0.15, 0.2) is 48.5 Å². The van der Waals surface area contributed by atoms with Crippen molar-refractivity contribution in [3.63, 3.8) is 0 Å². The minimum Gasteiger partial charge on any atom is -0.348 e. The summed E-state index contributed by atoms with van der Waals surface area (Å²) in [5.41, 5.74) is 0.198. The number of benzene rings is 2. The molecule has 5 nitrogen and oxygen atoms in total. The molecule has 0 aromatic heterocycles. The van der Waals surface area contributed by atoms with E-state index in [0.29, 0.717) is 11.3 Å². The zero-order valence-electron chi connectivity index (χ0n) is 14.0. The van der Waals surface area contributed by atoms with Gasteiger partial charge in [0.2, 0.25) is 10.0 Å². The molecular formula is C17H17F3N2O3S. The normalized spacial score (nSPS) is 11.9. The summed E-state index contributed by atoms with van der Waals surface area (Å²) in [6, 6.07) is 10.5. The van der Waals surface area contributed by atoms with Crippen molar-refractivity contribution >= 4 is 21.6 Å². The lowest BCUT2D eigenvalue weighted by molar-refractivity contribution is -0.137. The lowest BCUT2D eigenvalue weighted by Gasteiger charge is -2.16. The van der Waals surface area contributed by atoms with Gasteiger partial charge in [-0.1, -0.05) is 12.1 Å². The molecule has 2 aromatic carbocycles. The Labute approximate surface area is 149 Å². The van der Waals surface area contributed by atoms with E-state index in [9.17, 15) is 26.4 Å². The van der Waals surface area contributed by atoms with Gasteiger partial charge >= 0.3 is 6.18 Å². The largest absolute Gasteiger partial charge is 0.416 e. The van der Waals surface area contributed by atoms with Crippen LogP contribution in [0.1, 0.15) is 21.5 Å². The maximum atomic E-state index is 12.7. The predicted octanol–water partition coefficient (Wildman–Crippen LogP) is 3.03. The van der Waals surface area contributed by atoms with Crippen LogP contribution < -0.4 is 9.62 Å². The van der Waals surface area contributed by atoms with E-state index in [2.05, 4.69) is 5.32 Å². The number of carbonyl (C=O) groups is 1. The number of carbonyl (C=O) groups excluding carboxylic acids is 1. The van der Waals surface area contributed by atoms with Crippen LogP contribution in [0.3, 0.4) is 0 Å². The number of nitrogens with one attached hydrogen (secondary N) is 1. The van der Waals surface area contributed by atoms with E-state index in [1.54, 1.807) is 0 Å². The quantitative estimate of drug-likeness (QED) is 0.859. The molecule has 0 atom stereocenters. The van der Waals surface area contributed by atoms with E-state index >= 15 is 0 Å². The highest BCUT2D eigenvalue weighted by atomic mass is 32.2. The highest BCUT2D eigenvalue weighted by Crippen LogP contribution is 2.29. The summed E-state index contributed by atoms with van der Waals surface area (Å²) < 4.78 is 62.1. The third-order valence-corrected chi connectivity index (χ3v) is 4.90. The molecule has 0 unspecified atom stereocenters. The second kappa shape index (κ2) is 7.36. The van der Waals surface area contributed by atoms with Crippen LogP contribution in [0, 0.1) is 0 Å². The van der Waals surface area contributed by atoms with Gasteiger partial charge in [0.25, 0.3) is 5.91 Å². The van der Waals surface area contributed by atoms with Crippen molar-refractivity contribution in [1.29, 1.82) is 0 Å². The summed E-state index contributed by atoms with van der Waals surface area (Å²) in [6.07, 6.45) is -3.38. The minimum atomic E-state index is -4.44. The zero-order chi connectivity index (χ0) is 19.5. The average molecular weight is 386 g/mol. The summed E-state index contributed by atoms with van der Waals surface area (Å²) in [5.74, 6) is -0.476. The molecular weight excluding hydrogens is 369 g/mol. The molecule has 2 aromatic rings. The fourth-order valence-corrected chi connectivity index (χ4v) is 2.66. The molecule has 0 bridgehead atoms. The summed E-state index contributed by atoms with van der Waals surface area (Å²) >= 11 is 0. The maximum absolute atomic E-state index is 12.7. The second-order valence-corrected chi connectivity index (χ2v) is 7.67. The van der Waals surface area contributed by atoms with Crippen molar-refractivity contribution < 1.29 is 26.4 Å². The first-order chi connectivity index (χ1) is 12.0. The Kier molecular flexibility index (Phi) is 5.60. The number of nitrogens with zero attached hydrogens (tertiary/aromatic N) is 1. The molecule has 0 fully saturated rings. The smallest absolute Gasteiger partial charge is 0.348 e. The van der Waals surface area contributed by atoms with E-state index in [1.807, 2.05) is 0 Å². The Morgan fingerprint density at radius 3 is 2.27 bits per heavy atom. The van der Waals surface area contributed by atoms with Gasteiger partial charge in [-0.2, -0.15) is 13.2 Å². The summed E-state index contributed by atoms with van der Waals surface area (Å²) in [4.78, 5) is 12.1. The first-order valence-corrected chi connectivity index (χ1v) is 9.31. The molecule has 1 amide bonds. The third kappa shape index (κ3) is 4.98. The maximum Gasteiger partial charge on any atom is 0.416 e. The lowest BCUT2D eigenvalue weighted by Crippen LogP contribution is -2.25. The number of rotatable bonds is 5. The summed E-state index contributed by atoms with van der Waals surface area (Å²) in [5, 5.41) is 2.53. The standard InChI is InChI=1S/C17H17F3N2O3S/c1-22(26(2,24)25)15-8-6-13(7-9-15)16(23)21-11-12-4-3-5-14(10-12)17(18,19)20/h3-10H,11H2,1-2H3,(H,21,23). The minimum absolute atomic E-state index is 0.0618. The number of hydrogen-bond donors (Lipinski definition) is 1. The van der Waals surface area contributed by atoms with Crippen LogP contribution in [0.4, 0.5) is 18.9 Å². The molecule has 0 aliphatic heterocycles. The van der Waals surface area contributed by atoms with Gasteiger partial charge in [0.1, 0.15) is 0 Å². The Bertz CT molecular complexity index is 894. The van der Waals surface area contributed by atoms with Crippen LogP contribution in [0.5, 0.6) is 0 Å². The zero-order valence-corrected chi connectivity index (χ0v) is 14.9. The summed E-state index contributed by atoms with van der Waals surface area (Å²) in [6.45, 7) is -0.0618. The number of anilines is 1. The van der Waals surface area contributed by atoms with Gasteiger partial charge in [0, 0.05) is 19.2 Å². The second-order valence-electron chi connectivity index (χ2n) is 5.66. The van der Waals surface area contributed by atoms with Crippen molar-refractivity contribution in [1.82, 2.24) is 5.32 Å². The van der Waals surface area contributed by atoms with Crippen LogP contribution in [-0.2, 0) is 22.7 Å². The molecule has 0 spiro atoms. The molecule has 0 radical (unpaired) electrons. The van der Waals surface area contributed by atoms with Crippen molar-refractivity contribution in [2.24, 2.45) is 0 Å². The molecule has 0 saturated heterocycles. The van der Waals surface area contributed by atoms with Gasteiger partial charge < -0.3 is 5.32 Å². The lowest BCUT2D eigenvalue weighted by atomic mass is 10.1. The van der Waals surface area contributed by atoms with E-state index in [-0.39, 0.29) is 12.1 Å². The van der Waals surface area contributed by atoms with Gasteiger partial charge in [-0.3, -0.25) is 9.10 Å². The predicted molar refractivity (Wildman–Crippen MR) is 92.3 cm³/mol. The Morgan fingerprint density at radius 1 is 1.12 bits per heavy atom. The molecule has 0 saturated carbocycles. The van der Waals surface area contributed by atoms with Crippen LogP contribution in [0.2, 0.25) is 0 Å². The van der Waals surface area contributed by atoms with Gasteiger partial charge in [-0.15, -0.1) is 0 Å². The van der Waals surface area contributed by atoms with Crippen molar-refractivity contribution in [3.05, 3.63) is 65.2 Å². The van der Waals surface area contributed by atoms with Gasteiger partial charge in [-0.25, -0.2) is 8.42 Å². The Hall–Kier alpha value is -2.55. The van der Waals surface area contributed by atoms with Crippen molar-refractivity contribution in [2.75, 3.05) is 17.6 Å². The average Bonchev–Trinajstić information content (AvgIpc) is 2.58. The number of hydrogen-bond acceptors (Lipinski definition) is 3. The topological polar surface area (TPSA) is 66.5 Å². The summed E-state index contributed by atoms with van der Waals surface area (Å²) in [7, 11) is -2.02. The molecule has 2 rings (SSSR count). The van der Waals surface area contributed by atoms with Crippen molar-refractivity contribution in [3.8, 4) is 0 Å². The number of halogens is 3. The van der Waals surface area contributed by atoms with E-state index in [4.69, 9.17) is 0 Å². The first-order valence-electron chi connectivity index (χ1n) is 7.47. The highest BCUT2D eigenvalue weighted by molar-refractivity contribution is 7.92. The van der Waals surface area contributed by atoms with Crippen LogP contribution >= 0.6 is 0 Å². The molecule has 140 valence electrons. The fourth-order valence-electron chi connectivity index (χ4n) is 2.16. The third-order valence-electron chi connectivity index (χ3n) is 3.70. The molecule has 9 heteroatoms. The SMILES string of the molecule is CN(c1ccc(C(=O)NCc2cccc(C(F)(F)F)c2)cc1)S(C)(=O)=O. The molecule has 0 heterocycles. The Morgan fingerprint density at radius 2 is 1.73 bits per heavy atom. The van der Waals surface area contributed by atoms with Gasteiger partial charge in [-0.05, 0) is 42.0 Å². The number of alkyl halides is 3.